The molecule has 3 N–H and O–H groups in total. The topological polar surface area (TPSA) is 114 Å². The molecule has 2 rings (SSSR count). The molecule has 2 aromatic carbocycles. The van der Waals surface area contributed by atoms with E-state index >= 15 is 0 Å². The Labute approximate surface area is 156 Å². The van der Waals surface area contributed by atoms with Crippen LogP contribution in [0.2, 0.25) is 0 Å². The first-order chi connectivity index (χ1) is 11.8. The summed E-state index contributed by atoms with van der Waals surface area (Å²) in [6.45, 7) is 0. The number of hydrogen-bond donors (Lipinski definition) is 3. The fourth-order valence-electron chi connectivity index (χ4n) is 1.92. The van der Waals surface area contributed by atoms with E-state index in [0.717, 1.165) is 6.07 Å². The predicted molar refractivity (Wildman–Crippen MR) is 99.1 cm³/mol. The molecule has 0 atom stereocenters. The Morgan fingerprint density at radius 2 is 2.04 bits per heavy atom. The van der Waals surface area contributed by atoms with Gasteiger partial charge in [-0.3, -0.25) is 20.2 Å². The summed E-state index contributed by atoms with van der Waals surface area (Å²) in [5.41, 5.74) is 0.114. The third-order valence-corrected chi connectivity index (χ3v) is 3.77. The number of phenols is 1. The zero-order valence-electron chi connectivity index (χ0n) is 12.8. The van der Waals surface area contributed by atoms with Crippen molar-refractivity contribution in [3.8, 4) is 11.5 Å². The van der Waals surface area contributed by atoms with Gasteiger partial charge in [0.1, 0.15) is 11.5 Å². The lowest BCUT2D eigenvalue weighted by atomic mass is 10.2. The van der Waals surface area contributed by atoms with E-state index in [0.29, 0.717) is 10.2 Å². The van der Waals surface area contributed by atoms with Gasteiger partial charge < -0.3 is 15.2 Å². The van der Waals surface area contributed by atoms with Crippen LogP contribution in [-0.2, 0) is 0 Å². The minimum Gasteiger partial charge on any atom is -0.506 e. The number of ether oxygens (including phenoxy) is 1. The van der Waals surface area contributed by atoms with Gasteiger partial charge in [-0.25, -0.2) is 0 Å². The Kier molecular flexibility index (Phi) is 5.88. The van der Waals surface area contributed by atoms with E-state index in [1.54, 1.807) is 18.2 Å². The second-order valence-corrected chi connectivity index (χ2v) is 6.04. The number of non-ortho nitro benzene ring substituents is 1. The molecule has 1 amide bonds. The Hall–Kier alpha value is -2.72. The number of aromatic hydroxyl groups is 1. The lowest BCUT2D eigenvalue weighted by molar-refractivity contribution is -0.384. The van der Waals surface area contributed by atoms with E-state index in [1.165, 1.54) is 19.2 Å². The minimum absolute atomic E-state index is 0.0869. The van der Waals surface area contributed by atoms with Crippen molar-refractivity contribution < 1.29 is 19.6 Å². The van der Waals surface area contributed by atoms with Crippen LogP contribution in [0.25, 0.3) is 0 Å². The second-order valence-electron chi connectivity index (χ2n) is 4.71. The lowest BCUT2D eigenvalue weighted by Crippen LogP contribution is -2.34. The summed E-state index contributed by atoms with van der Waals surface area (Å²) in [6.07, 6.45) is 0. The van der Waals surface area contributed by atoms with E-state index < -0.39 is 10.8 Å². The molecule has 0 aromatic heterocycles. The molecule has 0 heterocycles. The van der Waals surface area contributed by atoms with Crippen LogP contribution >= 0.6 is 28.1 Å². The van der Waals surface area contributed by atoms with Crippen molar-refractivity contribution in [1.82, 2.24) is 5.32 Å². The largest absolute Gasteiger partial charge is 0.506 e. The molecule has 0 unspecified atom stereocenters. The van der Waals surface area contributed by atoms with Crippen LogP contribution in [0.5, 0.6) is 11.5 Å². The summed E-state index contributed by atoms with van der Waals surface area (Å²) >= 11 is 8.30. The molecule has 0 aliphatic rings. The molecule has 0 fully saturated rings. The van der Waals surface area contributed by atoms with Crippen molar-refractivity contribution in [2.24, 2.45) is 0 Å². The monoisotopic (exact) mass is 425 g/mol. The van der Waals surface area contributed by atoms with Gasteiger partial charge >= 0.3 is 0 Å². The number of halogens is 1. The first kappa shape index (κ1) is 18.6. The molecule has 130 valence electrons. The third kappa shape index (κ3) is 4.64. The van der Waals surface area contributed by atoms with Gasteiger partial charge in [-0.05, 0) is 36.5 Å². The van der Waals surface area contributed by atoms with Crippen molar-refractivity contribution >= 4 is 50.5 Å². The molecule has 2 aromatic rings. The Balaban J connectivity index is 2.11. The summed E-state index contributed by atoms with van der Waals surface area (Å²) in [7, 11) is 1.44. The number of anilines is 1. The number of nitro benzene ring substituents is 1. The van der Waals surface area contributed by atoms with E-state index in [4.69, 9.17) is 17.0 Å². The molecule has 0 aliphatic heterocycles. The number of hydrogen-bond acceptors (Lipinski definition) is 6. The number of carbonyl (C=O) groups excluding carboxylic acids is 1. The van der Waals surface area contributed by atoms with E-state index in [9.17, 15) is 20.0 Å². The smallest absolute Gasteiger partial charge is 0.273 e. The molecule has 0 saturated heterocycles. The lowest BCUT2D eigenvalue weighted by Gasteiger charge is -2.12. The van der Waals surface area contributed by atoms with Crippen molar-refractivity contribution in [3.63, 3.8) is 0 Å². The summed E-state index contributed by atoms with van der Waals surface area (Å²) < 4.78 is 5.81. The predicted octanol–water partition coefficient (Wildman–Crippen LogP) is 3.20. The molecule has 0 radical (unpaired) electrons. The fourth-order valence-corrected chi connectivity index (χ4v) is 2.48. The van der Waals surface area contributed by atoms with Gasteiger partial charge in [-0.2, -0.15) is 0 Å². The number of rotatable bonds is 4. The van der Waals surface area contributed by atoms with Crippen LogP contribution in [0, 0.1) is 10.1 Å². The average Bonchev–Trinajstić information content (AvgIpc) is 2.56. The van der Waals surface area contributed by atoms with Gasteiger partial charge in [-0.1, -0.05) is 15.9 Å². The van der Waals surface area contributed by atoms with Crippen LogP contribution in [0.1, 0.15) is 10.4 Å². The summed E-state index contributed by atoms with van der Waals surface area (Å²) in [6, 6.07) is 8.37. The maximum Gasteiger partial charge on any atom is 0.273 e. The highest BCUT2D eigenvalue weighted by Gasteiger charge is 2.16. The zero-order valence-corrected chi connectivity index (χ0v) is 15.2. The Morgan fingerprint density at radius 3 is 2.64 bits per heavy atom. The van der Waals surface area contributed by atoms with Crippen LogP contribution in [-0.4, -0.2) is 28.2 Å². The van der Waals surface area contributed by atoms with Crippen molar-refractivity contribution in [3.05, 3.63) is 56.5 Å². The van der Waals surface area contributed by atoms with E-state index in [2.05, 4.69) is 26.6 Å². The second kappa shape index (κ2) is 7.90. The van der Waals surface area contributed by atoms with Gasteiger partial charge in [-0.15, -0.1) is 0 Å². The molecule has 0 aliphatic carbocycles. The normalized spacial score (nSPS) is 10.0. The number of methoxy groups -OCH3 is 1. The maximum atomic E-state index is 12.3. The van der Waals surface area contributed by atoms with Crippen LogP contribution in [0.3, 0.4) is 0 Å². The van der Waals surface area contributed by atoms with Crippen molar-refractivity contribution in [2.45, 2.75) is 0 Å². The molecule has 8 nitrogen and oxygen atoms in total. The third-order valence-electron chi connectivity index (χ3n) is 3.07. The SMILES string of the molecule is COc1ccc(Br)cc1C(=O)NC(=S)Nc1ccc([N+](=O)[O-])cc1O. The number of nitro groups is 1. The summed E-state index contributed by atoms with van der Waals surface area (Å²) in [5, 5.41) is 25.4. The highest BCUT2D eigenvalue weighted by molar-refractivity contribution is 9.10. The van der Waals surface area contributed by atoms with Gasteiger partial charge in [0, 0.05) is 10.5 Å². The summed E-state index contributed by atoms with van der Waals surface area (Å²) in [4.78, 5) is 22.3. The molecule has 25 heavy (non-hydrogen) atoms. The van der Waals surface area contributed by atoms with Crippen LogP contribution in [0.15, 0.2) is 40.9 Å². The van der Waals surface area contributed by atoms with Gasteiger partial charge in [0.05, 0.1) is 29.4 Å². The summed E-state index contributed by atoms with van der Waals surface area (Å²) in [5.74, 6) is -0.524. The van der Waals surface area contributed by atoms with E-state index in [-0.39, 0.29) is 27.8 Å². The van der Waals surface area contributed by atoms with E-state index in [1.807, 2.05) is 0 Å². The van der Waals surface area contributed by atoms with Gasteiger partial charge in [0.15, 0.2) is 5.11 Å². The zero-order chi connectivity index (χ0) is 18.6. The molecular formula is C15H12BrN3O5S. The number of nitrogens with zero attached hydrogens (tertiary/aromatic N) is 1. The number of benzene rings is 2. The average molecular weight is 426 g/mol. The quantitative estimate of drug-likeness (QED) is 0.298. The minimum atomic E-state index is -0.636. The molecular weight excluding hydrogens is 414 g/mol. The number of carbonyl (C=O) groups is 1. The molecule has 10 heteroatoms. The standard InChI is InChI=1S/C15H12BrN3O5S/c1-24-13-5-2-8(16)6-10(13)14(21)18-15(25)17-11-4-3-9(19(22)23)7-12(11)20/h2-7,20H,1H3,(H2,17,18,21,25). The Morgan fingerprint density at radius 1 is 1.32 bits per heavy atom. The van der Waals surface area contributed by atoms with Crippen molar-refractivity contribution in [2.75, 3.05) is 12.4 Å². The fraction of sp³-hybridized carbons (Fsp3) is 0.0667. The Bertz CT molecular complexity index is 859. The molecule has 0 bridgehead atoms. The van der Waals surface area contributed by atoms with Gasteiger partial charge in [0.25, 0.3) is 11.6 Å². The highest BCUT2D eigenvalue weighted by Crippen LogP contribution is 2.28. The molecule has 0 saturated carbocycles. The number of phenolic OH excluding ortho intramolecular Hbond substituents is 1. The molecule has 0 spiro atoms. The van der Waals surface area contributed by atoms with Gasteiger partial charge in [0.2, 0.25) is 0 Å². The van der Waals surface area contributed by atoms with Crippen molar-refractivity contribution in [1.29, 1.82) is 0 Å². The highest BCUT2D eigenvalue weighted by atomic mass is 79.9. The number of thiocarbonyl (C=S) groups is 1. The first-order valence-electron chi connectivity index (χ1n) is 6.75. The van der Waals surface area contributed by atoms with Crippen LogP contribution in [0.4, 0.5) is 11.4 Å². The maximum absolute atomic E-state index is 12.3. The first-order valence-corrected chi connectivity index (χ1v) is 7.95. The number of amides is 1. The number of nitrogens with one attached hydrogen (secondary N) is 2. The van der Waals surface area contributed by atoms with Crippen LogP contribution < -0.4 is 15.4 Å².